The topological polar surface area (TPSA) is 35.6 Å². The van der Waals surface area contributed by atoms with Crippen LogP contribution in [0.5, 0.6) is 0 Å². The van der Waals surface area contributed by atoms with Crippen molar-refractivity contribution in [1.82, 2.24) is 15.1 Å². The first kappa shape index (κ1) is 20.1. The molecule has 1 heterocycles. The molecule has 2 aromatic carbocycles. The van der Waals surface area contributed by atoms with Gasteiger partial charge in [-0.15, -0.1) is 0 Å². The van der Waals surface area contributed by atoms with Crippen molar-refractivity contribution in [2.75, 3.05) is 26.7 Å². The molecule has 4 rings (SSSR count). The molecular formula is C25H33N3O. The summed E-state index contributed by atoms with van der Waals surface area (Å²) >= 11 is 0. The van der Waals surface area contributed by atoms with Gasteiger partial charge in [0, 0.05) is 19.1 Å². The van der Waals surface area contributed by atoms with Crippen molar-refractivity contribution in [2.24, 2.45) is 5.92 Å². The van der Waals surface area contributed by atoms with E-state index in [9.17, 15) is 4.79 Å². The Labute approximate surface area is 174 Å². The molecule has 1 saturated heterocycles. The zero-order valence-corrected chi connectivity index (χ0v) is 17.5. The minimum Gasteiger partial charge on any atom is -0.352 e. The highest BCUT2D eigenvalue weighted by atomic mass is 16.2. The van der Waals surface area contributed by atoms with E-state index in [4.69, 9.17) is 0 Å². The van der Waals surface area contributed by atoms with E-state index in [1.165, 1.54) is 5.56 Å². The van der Waals surface area contributed by atoms with Crippen LogP contribution in [0, 0.1) is 5.92 Å². The van der Waals surface area contributed by atoms with Gasteiger partial charge in [-0.25, -0.2) is 0 Å². The van der Waals surface area contributed by atoms with E-state index in [-0.39, 0.29) is 11.9 Å². The summed E-state index contributed by atoms with van der Waals surface area (Å²) in [6.45, 7) is 4.09. The molecule has 2 fully saturated rings. The van der Waals surface area contributed by atoms with Crippen LogP contribution < -0.4 is 5.32 Å². The predicted molar refractivity (Wildman–Crippen MR) is 117 cm³/mol. The van der Waals surface area contributed by atoms with Crippen molar-refractivity contribution in [2.45, 2.75) is 44.3 Å². The van der Waals surface area contributed by atoms with E-state index in [1.807, 2.05) is 18.2 Å². The standard InChI is InChI=1S/C25H33N3O/c1-27(18-20-8-4-2-5-9-20)19-21-14-16-28(17-15-21)24(22-10-6-3-7-11-22)25(29)26-23-12-13-23/h2-11,21,23-24H,12-19H2,1H3,(H,26,29)/t24-/m1/s1. The van der Waals surface area contributed by atoms with Crippen molar-refractivity contribution in [3.63, 3.8) is 0 Å². The molecule has 1 aliphatic carbocycles. The van der Waals surface area contributed by atoms with Crippen LogP contribution in [-0.2, 0) is 11.3 Å². The second kappa shape index (κ2) is 9.55. The van der Waals surface area contributed by atoms with Gasteiger partial charge >= 0.3 is 0 Å². The Morgan fingerprint density at radius 1 is 1.00 bits per heavy atom. The number of carbonyl (C=O) groups excluding carboxylic acids is 1. The minimum atomic E-state index is -0.153. The van der Waals surface area contributed by atoms with Gasteiger partial charge in [-0.05, 0) is 62.9 Å². The van der Waals surface area contributed by atoms with Gasteiger partial charge in [-0.3, -0.25) is 9.69 Å². The summed E-state index contributed by atoms with van der Waals surface area (Å²) < 4.78 is 0. The fraction of sp³-hybridized carbons (Fsp3) is 0.480. The summed E-state index contributed by atoms with van der Waals surface area (Å²) in [5.41, 5.74) is 2.48. The van der Waals surface area contributed by atoms with Gasteiger partial charge in [0.25, 0.3) is 0 Å². The molecule has 2 aliphatic rings. The SMILES string of the molecule is CN(Cc1ccccc1)CC1CCN([C@@H](C(=O)NC2CC2)c2ccccc2)CC1. The fourth-order valence-corrected chi connectivity index (χ4v) is 4.47. The van der Waals surface area contributed by atoms with Crippen molar-refractivity contribution in [1.29, 1.82) is 0 Å². The Balaban J connectivity index is 1.33. The predicted octanol–water partition coefficient (Wildman–Crippen LogP) is 3.85. The van der Waals surface area contributed by atoms with Crippen molar-refractivity contribution in [3.8, 4) is 0 Å². The number of nitrogens with zero attached hydrogens (tertiary/aromatic N) is 2. The number of rotatable bonds is 8. The van der Waals surface area contributed by atoms with E-state index in [2.05, 4.69) is 64.6 Å². The molecule has 0 bridgehead atoms. The molecule has 154 valence electrons. The summed E-state index contributed by atoms with van der Waals surface area (Å²) in [6, 6.07) is 21.2. The van der Waals surface area contributed by atoms with Crippen LogP contribution in [0.1, 0.15) is 42.9 Å². The Bertz CT molecular complexity index is 767. The minimum absolute atomic E-state index is 0.153. The van der Waals surface area contributed by atoms with Gasteiger partial charge in [-0.2, -0.15) is 0 Å². The lowest BCUT2D eigenvalue weighted by atomic mass is 9.93. The number of carbonyl (C=O) groups is 1. The number of piperidine rings is 1. The van der Waals surface area contributed by atoms with Crippen LogP contribution in [0.15, 0.2) is 60.7 Å². The molecule has 1 amide bonds. The lowest BCUT2D eigenvalue weighted by Gasteiger charge is -2.38. The third-order valence-electron chi connectivity index (χ3n) is 6.17. The molecule has 1 saturated carbocycles. The highest BCUT2D eigenvalue weighted by Crippen LogP contribution is 2.29. The number of likely N-dealkylation sites (tertiary alicyclic amines) is 1. The average Bonchev–Trinajstić information content (AvgIpc) is 3.55. The molecule has 1 N–H and O–H groups in total. The van der Waals surface area contributed by atoms with Crippen molar-refractivity contribution in [3.05, 3.63) is 71.8 Å². The smallest absolute Gasteiger partial charge is 0.242 e. The number of hydrogen-bond acceptors (Lipinski definition) is 3. The Morgan fingerprint density at radius 3 is 2.24 bits per heavy atom. The fourth-order valence-electron chi connectivity index (χ4n) is 4.47. The molecule has 0 radical (unpaired) electrons. The van der Waals surface area contributed by atoms with Gasteiger partial charge in [0.2, 0.25) is 5.91 Å². The van der Waals surface area contributed by atoms with Crippen LogP contribution in [0.25, 0.3) is 0 Å². The third kappa shape index (κ3) is 5.68. The first-order chi connectivity index (χ1) is 14.2. The largest absolute Gasteiger partial charge is 0.352 e. The Kier molecular flexibility index (Phi) is 6.63. The zero-order valence-electron chi connectivity index (χ0n) is 17.5. The van der Waals surface area contributed by atoms with Gasteiger partial charge in [0.15, 0.2) is 0 Å². The Morgan fingerprint density at radius 2 is 1.62 bits per heavy atom. The van der Waals surface area contributed by atoms with Crippen LogP contribution in [-0.4, -0.2) is 48.4 Å². The van der Waals surface area contributed by atoms with Crippen LogP contribution >= 0.6 is 0 Å². The normalized spacial score (nSPS) is 19.2. The van der Waals surface area contributed by atoms with Crippen LogP contribution in [0.3, 0.4) is 0 Å². The quantitative estimate of drug-likeness (QED) is 0.742. The monoisotopic (exact) mass is 391 g/mol. The maximum atomic E-state index is 13.0. The molecule has 0 unspecified atom stereocenters. The lowest BCUT2D eigenvalue weighted by Crippen LogP contribution is -2.45. The van der Waals surface area contributed by atoms with E-state index >= 15 is 0 Å². The molecular weight excluding hydrogens is 358 g/mol. The summed E-state index contributed by atoms with van der Waals surface area (Å²) in [5.74, 6) is 0.876. The molecule has 0 aromatic heterocycles. The van der Waals surface area contributed by atoms with E-state index in [0.717, 1.165) is 57.4 Å². The summed E-state index contributed by atoms with van der Waals surface area (Å²) in [4.78, 5) is 17.8. The van der Waals surface area contributed by atoms with Crippen LogP contribution in [0.4, 0.5) is 0 Å². The molecule has 1 aliphatic heterocycles. The first-order valence-electron chi connectivity index (χ1n) is 11.0. The second-order valence-electron chi connectivity index (χ2n) is 8.76. The van der Waals surface area contributed by atoms with E-state index < -0.39 is 0 Å². The summed E-state index contributed by atoms with van der Waals surface area (Å²) in [5, 5.41) is 3.23. The highest BCUT2D eigenvalue weighted by Gasteiger charge is 2.34. The van der Waals surface area contributed by atoms with Crippen molar-refractivity contribution < 1.29 is 4.79 Å². The first-order valence-corrected chi connectivity index (χ1v) is 11.0. The maximum Gasteiger partial charge on any atom is 0.242 e. The molecule has 2 aromatic rings. The molecule has 29 heavy (non-hydrogen) atoms. The lowest BCUT2D eigenvalue weighted by molar-refractivity contribution is -0.127. The van der Waals surface area contributed by atoms with Crippen molar-refractivity contribution >= 4 is 5.91 Å². The third-order valence-corrected chi connectivity index (χ3v) is 6.17. The van der Waals surface area contributed by atoms with Crippen LogP contribution in [0.2, 0.25) is 0 Å². The highest BCUT2D eigenvalue weighted by molar-refractivity contribution is 5.83. The average molecular weight is 392 g/mol. The summed E-state index contributed by atoms with van der Waals surface area (Å²) in [6.07, 6.45) is 4.56. The number of amides is 1. The molecule has 1 atom stereocenters. The van der Waals surface area contributed by atoms with Gasteiger partial charge in [-0.1, -0.05) is 60.7 Å². The molecule has 4 nitrogen and oxygen atoms in total. The molecule has 4 heteroatoms. The Hall–Kier alpha value is -2.17. The molecule has 0 spiro atoms. The number of hydrogen-bond donors (Lipinski definition) is 1. The number of benzene rings is 2. The van der Waals surface area contributed by atoms with Gasteiger partial charge in [0.1, 0.15) is 6.04 Å². The van der Waals surface area contributed by atoms with E-state index in [1.54, 1.807) is 0 Å². The summed E-state index contributed by atoms with van der Waals surface area (Å²) in [7, 11) is 2.22. The van der Waals surface area contributed by atoms with E-state index in [0.29, 0.717) is 12.0 Å². The zero-order chi connectivity index (χ0) is 20.1. The van der Waals surface area contributed by atoms with Gasteiger partial charge in [0.05, 0.1) is 0 Å². The second-order valence-corrected chi connectivity index (χ2v) is 8.76. The van der Waals surface area contributed by atoms with Gasteiger partial charge < -0.3 is 10.2 Å². The maximum absolute atomic E-state index is 13.0. The number of nitrogens with one attached hydrogen (secondary N) is 1.